The monoisotopic (exact) mass is 312 g/mol. The van der Waals surface area contributed by atoms with Crippen LogP contribution in [0, 0.1) is 20.8 Å². The van der Waals surface area contributed by atoms with Crippen LogP contribution in [-0.2, 0) is 0 Å². The lowest BCUT2D eigenvalue weighted by Crippen LogP contribution is -2.19. The molecule has 0 bridgehead atoms. The minimum absolute atomic E-state index is 0.226. The van der Waals surface area contributed by atoms with Gasteiger partial charge in [-0.1, -0.05) is 19.1 Å². The first-order chi connectivity index (χ1) is 10.9. The van der Waals surface area contributed by atoms with Crippen molar-refractivity contribution in [3.63, 3.8) is 0 Å². The normalized spacial score (nSPS) is 11.9. The van der Waals surface area contributed by atoms with Gasteiger partial charge in [0, 0.05) is 17.8 Å². The Labute approximate surface area is 137 Å². The van der Waals surface area contributed by atoms with E-state index < -0.39 is 0 Å². The first-order valence-corrected chi connectivity index (χ1v) is 7.90. The van der Waals surface area contributed by atoms with E-state index in [-0.39, 0.29) is 5.91 Å². The fraction of sp³-hybridized carbons (Fsp3) is 0.389. The second kappa shape index (κ2) is 7.22. The molecule has 2 rings (SSSR count). The van der Waals surface area contributed by atoms with E-state index in [2.05, 4.69) is 34.4 Å². The van der Waals surface area contributed by atoms with E-state index in [1.807, 2.05) is 32.0 Å². The summed E-state index contributed by atoms with van der Waals surface area (Å²) in [5, 5.41) is 6.21. The summed E-state index contributed by atoms with van der Waals surface area (Å²) in [6, 6.07) is 7.83. The average Bonchev–Trinajstić information content (AvgIpc) is 2.51. The van der Waals surface area contributed by atoms with E-state index in [1.165, 1.54) is 0 Å². The Balaban J connectivity index is 2.23. The number of carbonyl (C=O) groups excluding carboxylic acids is 1. The predicted octanol–water partition coefficient (Wildman–Crippen LogP) is 3.86. The van der Waals surface area contributed by atoms with Crippen LogP contribution in [0.4, 0.5) is 11.5 Å². The molecule has 1 atom stereocenters. The third-order valence-electron chi connectivity index (χ3n) is 3.93. The van der Waals surface area contributed by atoms with Crippen LogP contribution in [0.3, 0.4) is 0 Å². The van der Waals surface area contributed by atoms with Crippen LogP contribution in [0.5, 0.6) is 0 Å². The lowest BCUT2D eigenvalue weighted by Gasteiger charge is -2.14. The summed E-state index contributed by atoms with van der Waals surface area (Å²) in [6.07, 6.45) is 0.979. The summed E-state index contributed by atoms with van der Waals surface area (Å²) in [6.45, 7) is 9.98. The molecule has 23 heavy (non-hydrogen) atoms. The number of aromatic nitrogens is 2. The SMILES string of the molecule is CCC(C)Nc1cc(C(=O)Nc2cccc(C)c2C)nc(C)n1. The van der Waals surface area contributed by atoms with Crippen molar-refractivity contribution in [2.24, 2.45) is 0 Å². The second-order valence-corrected chi connectivity index (χ2v) is 5.84. The van der Waals surface area contributed by atoms with Crippen LogP contribution < -0.4 is 10.6 Å². The number of carbonyl (C=O) groups is 1. The Morgan fingerprint density at radius 1 is 1.22 bits per heavy atom. The van der Waals surface area contributed by atoms with E-state index in [1.54, 1.807) is 13.0 Å². The molecule has 1 aromatic carbocycles. The highest BCUT2D eigenvalue weighted by Gasteiger charge is 2.13. The van der Waals surface area contributed by atoms with Crippen LogP contribution in [0.15, 0.2) is 24.3 Å². The van der Waals surface area contributed by atoms with Gasteiger partial charge in [-0.25, -0.2) is 9.97 Å². The number of nitrogens with one attached hydrogen (secondary N) is 2. The van der Waals surface area contributed by atoms with Crippen molar-refractivity contribution in [1.29, 1.82) is 0 Å². The molecule has 0 fully saturated rings. The Hall–Kier alpha value is -2.43. The van der Waals surface area contributed by atoms with Crippen molar-refractivity contribution in [1.82, 2.24) is 9.97 Å². The predicted molar refractivity (Wildman–Crippen MR) is 94.0 cm³/mol. The summed E-state index contributed by atoms with van der Waals surface area (Å²) in [5.41, 5.74) is 3.37. The largest absolute Gasteiger partial charge is 0.368 e. The minimum atomic E-state index is -0.226. The summed E-state index contributed by atoms with van der Waals surface area (Å²) in [4.78, 5) is 21.1. The van der Waals surface area contributed by atoms with Crippen LogP contribution >= 0.6 is 0 Å². The molecule has 2 N–H and O–H groups in total. The lowest BCUT2D eigenvalue weighted by atomic mass is 10.1. The molecular formula is C18H24N4O. The topological polar surface area (TPSA) is 66.9 Å². The summed E-state index contributed by atoms with van der Waals surface area (Å²) < 4.78 is 0. The van der Waals surface area contributed by atoms with E-state index in [0.29, 0.717) is 23.4 Å². The maximum atomic E-state index is 12.5. The summed E-state index contributed by atoms with van der Waals surface area (Å²) >= 11 is 0. The van der Waals surface area contributed by atoms with Gasteiger partial charge in [-0.3, -0.25) is 4.79 Å². The lowest BCUT2D eigenvalue weighted by molar-refractivity contribution is 0.102. The summed E-state index contributed by atoms with van der Waals surface area (Å²) in [7, 11) is 0. The summed E-state index contributed by atoms with van der Waals surface area (Å²) in [5.74, 6) is 1.03. The molecule has 1 amide bonds. The molecule has 0 radical (unpaired) electrons. The van der Waals surface area contributed by atoms with Crippen LogP contribution in [0.25, 0.3) is 0 Å². The van der Waals surface area contributed by atoms with Crippen LogP contribution in [-0.4, -0.2) is 21.9 Å². The minimum Gasteiger partial charge on any atom is -0.368 e. The highest BCUT2D eigenvalue weighted by Crippen LogP contribution is 2.19. The van der Waals surface area contributed by atoms with Crippen molar-refractivity contribution in [3.8, 4) is 0 Å². The van der Waals surface area contributed by atoms with Gasteiger partial charge in [0.2, 0.25) is 0 Å². The highest BCUT2D eigenvalue weighted by molar-refractivity contribution is 6.03. The van der Waals surface area contributed by atoms with Crippen molar-refractivity contribution in [3.05, 3.63) is 46.9 Å². The molecule has 0 spiro atoms. The zero-order chi connectivity index (χ0) is 17.0. The third kappa shape index (κ3) is 4.28. The molecule has 0 saturated heterocycles. The molecule has 0 aliphatic carbocycles. The van der Waals surface area contributed by atoms with Gasteiger partial charge >= 0.3 is 0 Å². The smallest absolute Gasteiger partial charge is 0.274 e. The zero-order valence-corrected chi connectivity index (χ0v) is 14.4. The zero-order valence-electron chi connectivity index (χ0n) is 14.4. The Morgan fingerprint density at radius 3 is 2.65 bits per heavy atom. The van der Waals surface area contributed by atoms with Crippen molar-refractivity contribution >= 4 is 17.4 Å². The number of amides is 1. The molecule has 122 valence electrons. The highest BCUT2D eigenvalue weighted by atomic mass is 16.1. The number of hydrogen-bond donors (Lipinski definition) is 2. The number of rotatable bonds is 5. The third-order valence-corrected chi connectivity index (χ3v) is 3.93. The van der Waals surface area contributed by atoms with Gasteiger partial charge in [-0.15, -0.1) is 0 Å². The number of anilines is 2. The first-order valence-electron chi connectivity index (χ1n) is 7.90. The van der Waals surface area contributed by atoms with Crippen molar-refractivity contribution in [2.75, 3.05) is 10.6 Å². The average molecular weight is 312 g/mol. The standard InChI is InChI=1S/C18H24N4O/c1-6-12(3)19-17-10-16(20-14(5)21-17)18(23)22-15-9-7-8-11(2)13(15)4/h7-10,12H,6H2,1-5H3,(H,22,23)(H,19,20,21). The molecule has 5 heteroatoms. The molecule has 5 nitrogen and oxygen atoms in total. The van der Waals surface area contributed by atoms with Crippen LogP contribution in [0.2, 0.25) is 0 Å². The first kappa shape index (κ1) is 16.9. The quantitative estimate of drug-likeness (QED) is 0.879. The van der Waals surface area contributed by atoms with Crippen molar-refractivity contribution in [2.45, 2.75) is 47.1 Å². The molecule has 0 aliphatic heterocycles. The van der Waals surface area contributed by atoms with Gasteiger partial charge in [-0.2, -0.15) is 0 Å². The van der Waals surface area contributed by atoms with Gasteiger partial charge in [0.05, 0.1) is 0 Å². The molecular weight excluding hydrogens is 288 g/mol. The maximum Gasteiger partial charge on any atom is 0.274 e. The fourth-order valence-electron chi connectivity index (χ4n) is 2.19. The van der Waals surface area contributed by atoms with Gasteiger partial charge in [0.1, 0.15) is 17.3 Å². The van der Waals surface area contributed by atoms with E-state index in [0.717, 1.165) is 23.2 Å². The van der Waals surface area contributed by atoms with E-state index in [4.69, 9.17) is 0 Å². The number of aryl methyl sites for hydroxylation is 2. The molecule has 1 heterocycles. The van der Waals surface area contributed by atoms with Gasteiger partial charge < -0.3 is 10.6 Å². The van der Waals surface area contributed by atoms with E-state index in [9.17, 15) is 4.79 Å². The van der Waals surface area contributed by atoms with Crippen molar-refractivity contribution < 1.29 is 4.79 Å². The van der Waals surface area contributed by atoms with Gasteiger partial charge in [0.25, 0.3) is 5.91 Å². The Bertz CT molecular complexity index is 712. The number of hydrogen-bond acceptors (Lipinski definition) is 4. The molecule has 1 aromatic heterocycles. The number of nitrogens with zero attached hydrogens (tertiary/aromatic N) is 2. The number of benzene rings is 1. The fourth-order valence-corrected chi connectivity index (χ4v) is 2.19. The Kier molecular flexibility index (Phi) is 5.32. The second-order valence-electron chi connectivity index (χ2n) is 5.84. The van der Waals surface area contributed by atoms with Gasteiger partial charge in [-0.05, 0) is 51.3 Å². The van der Waals surface area contributed by atoms with Crippen LogP contribution in [0.1, 0.15) is 47.7 Å². The van der Waals surface area contributed by atoms with E-state index >= 15 is 0 Å². The molecule has 2 aromatic rings. The van der Waals surface area contributed by atoms with Gasteiger partial charge in [0.15, 0.2) is 0 Å². The molecule has 1 unspecified atom stereocenters. The molecule has 0 aliphatic rings. The Morgan fingerprint density at radius 2 is 1.96 bits per heavy atom. The maximum absolute atomic E-state index is 12.5. The molecule has 0 saturated carbocycles.